The zero-order chi connectivity index (χ0) is 11.3. The molecule has 0 spiro atoms. The maximum Gasteiger partial charge on any atom is 0.161 e. The summed E-state index contributed by atoms with van der Waals surface area (Å²) in [7, 11) is 0. The molecule has 0 unspecified atom stereocenters. The fraction of sp³-hybridized carbons (Fsp3) is 0.364. The van der Waals surface area contributed by atoms with Gasteiger partial charge in [-0.15, -0.1) is 0 Å². The predicted octanol–water partition coefficient (Wildman–Crippen LogP) is 1.98. The van der Waals surface area contributed by atoms with Crippen molar-refractivity contribution in [3.05, 3.63) is 28.8 Å². The molecule has 82 valence electrons. The minimum atomic E-state index is -0.440. The standard InChI is InChI=1S/C11H13ClO3/c1-8-2-3-10(12)11(6-8)15-5-4-9(14)7-13/h2-3,6,13H,4-5,7H2,1H3. The molecule has 0 heterocycles. The van der Waals surface area contributed by atoms with Gasteiger partial charge in [0, 0.05) is 6.42 Å². The molecule has 15 heavy (non-hydrogen) atoms. The van der Waals surface area contributed by atoms with Crippen LogP contribution in [0, 0.1) is 6.92 Å². The van der Waals surface area contributed by atoms with Crippen LogP contribution < -0.4 is 4.74 Å². The molecule has 0 atom stereocenters. The Bertz CT molecular complexity index is 350. The average molecular weight is 229 g/mol. The molecule has 1 aromatic rings. The molecule has 0 aliphatic rings. The summed E-state index contributed by atoms with van der Waals surface area (Å²) in [6.45, 7) is 1.73. The SMILES string of the molecule is Cc1ccc(Cl)c(OCCC(=O)CO)c1. The van der Waals surface area contributed by atoms with Crippen molar-refractivity contribution in [1.82, 2.24) is 0 Å². The highest BCUT2D eigenvalue weighted by Crippen LogP contribution is 2.25. The van der Waals surface area contributed by atoms with Crippen molar-refractivity contribution < 1.29 is 14.6 Å². The summed E-state index contributed by atoms with van der Waals surface area (Å²) in [4.78, 5) is 10.8. The van der Waals surface area contributed by atoms with Crippen LogP contribution in [0.4, 0.5) is 0 Å². The molecule has 0 aromatic heterocycles. The molecule has 0 fully saturated rings. The molecule has 0 amide bonds. The molecule has 0 aliphatic carbocycles. The van der Waals surface area contributed by atoms with Gasteiger partial charge in [0.05, 0.1) is 11.6 Å². The van der Waals surface area contributed by atoms with Gasteiger partial charge in [-0.05, 0) is 24.6 Å². The molecule has 4 heteroatoms. The minimum Gasteiger partial charge on any atom is -0.492 e. The summed E-state index contributed by atoms with van der Waals surface area (Å²) < 4.78 is 5.33. The number of benzene rings is 1. The number of carbonyl (C=O) groups is 1. The topological polar surface area (TPSA) is 46.5 Å². The molecule has 3 nitrogen and oxygen atoms in total. The zero-order valence-corrected chi connectivity index (χ0v) is 9.25. The van der Waals surface area contributed by atoms with Gasteiger partial charge < -0.3 is 9.84 Å². The second-order valence-corrected chi connectivity index (χ2v) is 3.64. The van der Waals surface area contributed by atoms with Crippen LogP contribution in [-0.4, -0.2) is 24.1 Å². The Balaban J connectivity index is 2.50. The molecule has 0 saturated heterocycles. The van der Waals surface area contributed by atoms with Crippen molar-refractivity contribution in [3.63, 3.8) is 0 Å². The van der Waals surface area contributed by atoms with Gasteiger partial charge in [0.25, 0.3) is 0 Å². The van der Waals surface area contributed by atoms with E-state index in [1.165, 1.54) is 0 Å². The number of halogens is 1. The summed E-state index contributed by atoms with van der Waals surface area (Å²) in [5.41, 5.74) is 1.04. The van der Waals surface area contributed by atoms with E-state index < -0.39 is 6.61 Å². The third kappa shape index (κ3) is 3.90. The molecule has 0 bridgehead atoms. The van der Waals surface area contributed by atoms with Crippen LogP contribution in [0.1, 0.15) is 12.0 Å². The molecule has 1 rings (SSSR count). The fourth-order valence-electron chi connectivity index (χ4n) is 1.08. The maximum atomic E-state index is 10.8. The first-order chi connectivity index (χ1) is 7.13. The Hall–Kier alpha value is -1.06. The average Bonchev–Trinajstić information content (AvgIpc) is 2.23. The van der Waals surface area contributed by atoms with Gasteiger partial charge in [0.2, 0.25) is 0 Å². The predicted molar refractivity (Wildman–Crippen MR) is 58.4 cm³/mol. The number of hydrogen-bond donors (Lipinski definition) is 1. The van der Waals surface area contributed by atoms with Crippen LogP contribution >= 0.6 is 11.6 Å². The number of aliphatic hydroxyl groups is 1. The van der Waals surface area contributed by atoms with E-state index in [9.17, 15) is 4.79 Å². The van der Waals surface area contributed by atoms with Crippen LogP contribution in [-0.2, 0) is 4.79 Å². The highest BCUT2D eigenvalue weighted by Gasteiger charge is 2.03. The Kier molecular flexibility index (Phi) is 4.59. The molecule has 0 aliphatic heterocycles. The normalized spacial score (nSPS) is 10.1. The zero-order valence-electron chi connectivity index (χ0n) is 8.50. The monoisotopic (exact) mass is 228 g/mol. The Labute approximate surface area is 93.6 Å². The van der Waals surface area contributed by atoms with Crippen LogP contribution in [0.25, 0.3) is 0 Å². The molecule has 0 radical (unpaired) electrons. The first-order valence-electron chi connectivity index (χ1n) is 4.65. The van der Waals surface area contributed by atoms with Crippen molar-refractivity contribution in [3.8, 4) is 5.75 Å². The van der Waals surface area contributed by atoms with Crippen LogP contribution in [0.3, 0.4) is 0 Å². The van der Waals surface area contributed by atoms with Crippen LogP contribution in [0.5, 0.6) is 5.75 Å². The quantitative estimate of drug-likeness (QED) is 0.838. The van der Waals surface area contributed by atoms with E-state index in [1.807, 2.05) is 19.1 Å². The number of Topliss-reactive ketones (excluding diaryl/α,β-unsaturated/α-hetero) is 1. The van der Waals surface area contributed by atoms with E-state index in [1.54, 1.807) is 6.07 Å². The smallest absolute Gasteiger partial charge is 0.161 e. The van der Waals surface area contributed by atoms with E-state index >= 15 is 0 Å². The van der Waals surface area contributed by atoms with Gasteiger partial charge in [-0.1, -0.05) is 17.7 Å². The fourth-order valence-corrected chi connectivity index (χ4v) is 1.25. The molecular formula is C11H13ClO3. The summed E-state index contributed by atoms with van der Waals surface area (Å²) >= 11 is 5.89. The lowest BCUT2D eigenvalue weighted by molar-refractivity contribution is -0.122. The van der Waals surface area contributed by atoms with Crippen LogP contribution in [0.15, 0.2) is 18.2 Å². The second-order valence-electron chi connectivity index (χ2n) is 3.23. The molecule has 1 aromatic carbocycles. The summed E-state index contributed by atoms with van der Waals surface area (Å²) in [6, 6.07) is 5.44. The Morgan fingerprint density at radius 1 is 1.53 bits per heavy atom. The number of ether oxygens (including phenoxy) is 1. The van der Waals surface area contributed by atoms with E-state index in [-0.39, 0.29) is 18.8 Å². The minimum absolute atomic E-state index is 0.195. The van der Waals surface area contributed by atoms with Crippen molar-refractivity contribution in [2.45, 2.75) is 13.3 Å². The Morgan fingerprint density at radius 2 is 2.27 bits per heavy atom. The number of ketones is 1. The summed E-state index contributed by atoms with van der Waals surface area (Å²) in [5, 5.41) is 9.02. The van der Waals surface area contributed by atoms with Gasteiger partial charge in [-0.2, -0.15) is 0 Å². The first kappa shape index (κ1) is 12.0. The molecule has 1 N–H and O–H groups in total. The highest BCUT2D eigenvalue weighted by molar-refractivity contribution is 6.32. The third-order valence-electron chi connectivity index (χ3n) is 1.90. The lowest BCUT2D eigenvalue weighted by Crippen LogP contribution is -2.09. The van der Waals surface area contributed by atoms with Crippen molar-refractivity contribution in [2.75, 3.05) is 13.2 Å². The van der Waals surface area contributed by atoms with E-state index in [0.717, 1.165) is 5.56 Å². The number of rotatable bonds is 5. The van der Waals surface area contributed by atoms with Crippen molar-refractivity contribution in [2.24, 2.45) is 0 Å². The van der Waals surface area contributed by atoms with Gasteiger partial charge in [0.1, 0.15) is 12.4 Å². The second kappa shape index (κ2) is 5.73. The lowest BCUT2D eigenvalue weighted by Gasteiger charge is -2.07. The maximum absolute atomic E-state index is 10.8. The van der Waals surface area contributed by atoms with Gasteiger partial charge >= 0.3 is 0 Å². The van der Waals surface area contributed by atoms with Gasteiger partial charge in [-0.3, -0.25) is 4.79 Å². The summed E-state index contributed by atoms with van der Waals surface area (Å²) in [5.74, 6) is 0.334. The summed E-state index contributed by atoms with van der Waals surface area (Å²) in [6.07, 6.45) is 0.195. The number of carbonyl (C=O) groups excluding carboxylic acids is 1. The number of hydrogen-bond acceptors (Lipinski definition) is 3. The van der Waals surface area contributed by atoms with Gasteiger partial charge in [-0.25, -0.2) is 0 Å². The number of aliphatic hydroxyl groups excluding tert-OH is 1. The van der Waals surface area contributed by atoms with E-state index in [4.69, 9.17) is 21.4 Å². The molecular weight excluding hydrogens is 216 g/mol. The largest absolute Gasteiger partial charge is 0.492 e. The third-order valence-corrected chi connectivity index (χ3v) is 2.21. The highest BCUT2D eigenvalue weighted by atomic mass is 35.5. The van der Waals surface area contributed by atoms with Crippen molar-refractivity contribution >= 4 is 17.4 Å². The molecule has 0 saturated carbocycles. The van der Waals surface area contributed by atoms with Crippen LogP contribution in [0.2, 0.25) is 5.02 Å². The lowest BCUT2D eigenvalue weighted by atomic mass is 10.2. The van der Waals surface area contributed by atoms with E-state index in [0.29, 0.717) is 10.8 Å². The first-order valence-corrected chi connectivity index (χ1v) is 5.03. The Morgan fingerprint density at radius 3 is 2.93 bits per heavy atom. The van der Waals surface area contributed by atoms with Crippen molar-refractivity contribution in [1.29, 1.82) is 0 Å². The van der Waals surface area contributed by atoms with E-state index in [2.05, 4.69) is 0 Å². The number of aryl methyl sites for hydroxylation is 1. The van der Waals surface area contributed by atoms with Gasteiger partial charge in [0.15, 0.2) is 5.78 Å².